The molecule has 1 aliphatic carbocycles. The molecule has 9 heteroatoms. The molecule has 3 N–H and O–H groups in total. The molecule has 2 aliphatic rings. The Morgan fingerprint density at radius 1 is 1.40 bits per heavy atom. The molecule has 1 saturated carbocycles. The number of anilines is 1. The highest BCUT2D eigenvalue weighted by atomic mass is 19.1. The Balaban J connectivity index is 1.96. The molecule has 1 saturated heterocycles. The summed E-state index contributed by atoms with van der Waals surface area (Å²) >= 11 is 0. The van der Waals surface area contributed by atoms with Crippen LogP contribution in [-0.2, 0) is 0 Å². The van der Waals surface area contributed by atoms with Crippen LogP contribution in [0, 0.1) is 11.7 Å². The van der Waals surface area contributed by atoms with Crippen molar-refractivity contribution in [1.82, 2.24) is 4.57 Å². The number of aromatic nitrogens is 1. The fourth-order valence-corrected chi connectivity index (χ4v) is 4.54. The number of nitrogens with two attached hydrogens (primary N) is 1. The lowest BCUT2D eigenvalue weighted by molar-refractivity contribution is 0.0694. The highest BCUT2D eigenvalue weighted by Crippen LogP contribution is 2.46. The zero-order valence-electron chi connectivity index (χ0n) is 16.9. The van der Waals surface area contributed by atoms with Crippen molar-refractivity contribution in [2.45, 2.75) is 44.4 Å². The van der Waals surface area contributed by atoms with Gasteiger partial charge in [-0.3, -0.25) is 4.79 Å². The first-order chi connectivity index (χ1) is 14.3. The molecule has 7 nitrogen and oxygen atoms in total. The molecule has 162 valence electrons. The minimum atomic E-state index is -1.44. The van der Waals surface area contributed by atoms with Crippen LogP contribution in [0.4, 0.5) is 14.5 Å². The van der Waals surface area contributed by atoms with E-state index in [2.05, 4.69) is 6.92 Å². The lowest BCUT2D eigenvalue weighted by Crippen LogP contribution is -2.30. The van der Waals surface area contributed by atoms with Crippen LogP contribution < -0.4 is 20.8 Å². The van der Waals surface area contributed by atoms with E-state index in [-0.39, 0.29) is 40.7 Å². The third-order valence-electron chi connectivity index (χ3n) is 6.14. The molecular formula is C21H25F2N3O4. The maximum absolute atomic E-state index is 15.3. The van der Waals surface area contributed by atoms with E-state index < -0.39 is 35.0 Å². The van der Waals surface area contributed by atoms with Gasteiger partial charge in [0.1, 0.15) is 17.4 Å². The lowest BCUT2D eigenvalue weighted by Gasteiger charge is -2.24. The standard InChI is InChI=1S/C21H25F2N3O4/c1-3-4-10-7-25(9-15(10)24)18-14(23)5-11-17(20(18)30-2)26(16-6-13(16)22)8-12(19(11)27)21(28)29/h5,8,10,13,15-16H,3-4,6-7,9,24H2,1-2H3,(H,28,29). The molecule has 1 aliphatic heterocycles. The SMILES string of the molecule is CCCC1CN(c2c(F)cc3c(=O)c(C(=O)O)cn(C4CC4F)c3c2OC)CC1N. The van der Waals surface area contributed by atoms with Crippen molar-refractivity contribution in [3.63, 3.8) is 0 Å². The minimum absolute atomic E-state index is 0.0995. The molecule has 4 unspecified atom stereocenters. The van der Waals surface area contributed by atoms with Crippen LogP contribution in [0.3, 0.4) is 0 Å². The number of pyridine rings is 1. The summed E-state index contributed by atoms with van der Waals surface area (Å²) in [5, 5.41) is 9.26. The number of carbonyl (C=O) groups is 1. The van der Waals surface area contributed by atoms with Crippen molar-refractivity contribution in [3.8, 4) is 5.75 Å². The number of rotatable bonds is 6. The van der Waals surface area contributed by atoms with Gasteiger partial charge in [0.05, 0.1) is 24.1 Å². The van der Waals surface area contributed by atoms with Gasteiger partial charge < -0.3 is 25.0 Å². The number of hydrogen-bond acceptors (Lipinski definition) is 5. The van der Waals surface area contributed by atoms with Crippen molar-refractivity contribution in [3.05, 3.63) is 33.9 Å². The Kier molecular flexibility index (Phi) is 5.17. The number of methoxy groups -OCH3 is 1. The molecule has 4 atom stereocenters. The zero-order valence-corrected chi connectivity index (χ0v) is 16.9. The third kappa shape index (κ3) is 3.21. The number of halogens is 2. The topological polar surface area (TPSA) is 97.8 Å². The number of ether oxygens (including phenoxy) is 1. The van der Waals surface area contributed by atoms with Gasteiger partial charge in [0.15, 0.2) is 11.6 Å². The Morgan fingerprint density at radius 3 is 2.67 bits per heavy atom. The second kappa shape index (κ2) is 7.54. The molecule has 2 aromatic rings. The van der Waals surface area contributed by atoms with Crippen molar-refractivity contribution >= 4 is 22.6 Å². The summed E-state index contributed by atoms with van der Waals surface area (Å²) < 4.78 is 36.2. The van der Waals surface area contributed by atoms with Crippen LogP contribution in [0.25, 0.3) is 10.9 Å². The summed E-state index contributed by atoms with van der Waals surface area (Å²) in [4.78, 5) is 26.1. The van der Waals surface area contributed by atoms with Gasteiger partial charge in [-0.25, -0.2) is 13.6 Å². The van der Waals surface area contributed by atoms with E-state index in [4.69, 9.17) is 10.5 Å². The summed E-state index contributed by atoms with van der Waals surface area (Å²) in [5.41, 5.74) is 5.29. The summed E-state index contributed by atoms with van der Waals surface area (Å²) in [7, 11) is 1.36. The van der Waals surface area contributed by atoms with Gasteiger partial charge in [0, 0.05) is 31.7 Å². The first-order valence-corrected chi connectivity index (χ1v) is 10.1. The van der Waals surface area contributed by atoms with Gasteiger partial charge in [-0.05, 0) is 18.4 Å². The van der Waals surface area contributed by atoms with Crippen LogP contribution in [0.15, 0.2) is 17.1 Å². The largest absolute Gasteiger partial charge is 0.492 e. The first-order valence-electron chi connectivity index (χ1n) is 10.1. The first kappa shape index (κ1) is 20.6. The lowest BCUT2D eigenvalue weighted by atomic mass is 9.99. The fourth-order valence-electron chi connectivity index (χ4n) is 4.54. The van der Waals surface area contributed by atoms with E-state index in [1.165, 1.54) is 11.7 Å². The van der Waals surface area contributed by atoms with E-state index in [0.29, 0.717) is 13.1 Å². The maximum atomic E-state index is 15.3. The summed E-state index contributed by atoms with van der Waals surface area (Å²) in [5.74, 6) is -1.84. The molecule has 0 bridgehead atoms. The highest BCUT2D eigenvalue weighted by Gasteiger charge is 2.41. The Morgan fingerprint density at radius 2 is 2.10 bits per heavy atom. The van der Waals surface area contributed by atoms with Crippen LogP contribution in [0.1, 0.15) is 42.6 Å². The second-order valence-electron chi connectivity index (χ2n) is 8.16. The van der Waals surface area contributed by atoms with Crippen LogP contribution in [0.5, 0.6) is 5.75 Å². The Labute approximate surface area is 172 Å². The van der Waals surface area contributed by atoms with Crippen molar-refractivity contribution in [1.29, 1.82) is 0 Å². The highest BCUT2D eigenvalue weighted by molar-refractivity contribution is 5.97. The average Bonchev–Trinajstić information content (AvgIpc) is 3.31. The minimum Gasteiger partial charge on any atom is -0.492 e. The van der Waals surface area contributed by atoms with Gasteiger partial charge in [-0.1, -0.05) is 13.3 Å². The number of nitrogens with zero attached hydrogens (tertiary/aromatic N) is 2. The summed E-state index contributed by atoms with van der Waals surface area (Å²) in [6.45, 7) is 3.03. The molecular weight excluding hydrogens is 396 g/mol. The van der Waals surface area contributed by atoms with E-state index in [1.54, 1.807) is 4.90 Å². The predicted octanol–water partition coefficient (Wildman–Crippen LogP) is 2.69. The molecule has 1 aromatic heterocycles. The van der Waals surface area contributed by atoms with Crippen LogP contribution in [-0.4, -0.2) is 48.1 Å². The van der Waals surface area contributed by atoms with Gasteiger partial charge in [-0.2, -0.15) is 0 Å². The van der Waals surface area contributed by atoms with Crippen molar-refractivity contribution in [2.24, 2.45) is 11.7 Å². The van der Waals surface area contributed by atoms with Gasteiger partial charge in [-0.15, -0.1) is 0 Å². The number of hydrogen-bond donors (Lipinski definition) is 2. The number of carboxylic acids is 1. The number of carboxylic acid groups (broad SMARTS) is 1. The van der Waals surface area contributed by atoms with Gasteiger partial charge in [0.25, 0.3) is 0 Å². The van der Waals surface area contributed by atoms with Crippen molar-refractivity contribution in [2.75, 3.05) is 25.1 Å². The van der Waals surface area contributed by atoms with E-state index in [9.17, 15) is 19.1 Å². The molecule has 0 amide bonds. The van der Waals surface area contributed by atoms with E-state index in [1.807, 2.05) is 0 Å². The quantitative estimate of drug-likeness (QED) is 0.744. The molecule has 0 radical (unpaired) electrons. The van der Waals surface area contributed by atoms with E-state index in [0.717, 1.165) is 25.1 Å². The second-order valence-corrected chi connectivity index (χ2v) is 8.16. The molecule has 2 fully saturated rings. The Bertz CT molecular complexity index is 1070. The zero-order chi connectivity index (χ0) is 21.7. The number of aromatic carboxylic acids is 1. The third-order valence-corrected chi connectivity index (χ3v) is 6.14. The number of fused-ring (bicyclic) bond motifs is 1. The smallest absolute Gasteiger partial charge is 0.341 e. The molecule has 30 heavy (non-hydrogen) atoms. The maximum Gasteiger partial charge on any atom is 0.341 e. The average molecular weight is 421 g/mol. The van der Waals surface area contributed by atoms with Crippen LogP contribution in [0.2, 0.25) is 0 Å². The predicted molar refractivity (Wildman–Crippen MR) is 109 cm³/mol. The molecule has 2 heterocycles. The molecule has 1 aromatic carbocycles. The monoisotopic (exact) mass is 421 g/mol. The van der Waals surface area contributed by atoms with Crippen molar-refractivity contribution < 1.29 is 23.4 Å². The normalized spacial score (nSPS) is 25.7. The van der Waals surface area contributed by atoms with Gasteiger partial charge in [0.2, 0.25) is 5.43 Å². The van der Waals surface area contributed by atoms with Crippen LogP contribution >= 0.6 is 0 Å². The van der Waals surface area contributed by atoms with Gasteiger partial charge >= 0.3 is 5.97 Å². The fraction of sp³-hybridized carbons (Fsp3) is 0.524. The van der Waals surface area contributed by atoms with E-state index >= 15 is 4.39 Å². The number of benzene rings is 1. The molecule has 4 rings (SSSR count). The summed E-state index contributed by atoms with van der Waals surface area (Å²) in [6.07, 6.45) is 2.04. The Hall–Kier alpha value is -2.68. The molecule has 0 spiro atoms. The summed E-state index contributed by atoms with van der Waals surface area (Å²) in [6, 6.07) is 0.291. The number of alkyl halides is 1.